The maximum atomic E-state index is 9.75. The van der Waals surface area contributed by atoms with Crippen LogP contribution < -0.4 is 0 Å². The molecule has 0 heterocycles. The molecule has 70 heavy (non-hydrogen) atoms. The van der Waals surface area contributed by atoms with Crippen LogP contribution in [0.4, 0.5) is 34.5 Å². The molecule has 0 radical (unpaired) electrons. The van der Waals surface area contributed by atoms with E-state index >= 15 is 0 Å². The van der Waals surface area contributed by atoms with Crippen LogP contribution >= 0.6 is 15.8 Å². The molecule has 0 fully saturated rings. The summed E-state index contributed by atoms with van der Waals surface area (Å²) in [5, 5.41) is 14.6. The molecule has 0 saturated heterocycles. The average molecular weight is 1140 g/mol. The fourth-order valence-electron chi connectivity index (χ4n) is 8.48. The van der Waals surface area contributed by atoms with Gasteiger partial charge >= 0.3 is 34.9 Å². The molecule has 0 unspecified atom stereocenters. The van der Waals surface area contributed by atoms with Crippen molar-refractivity contribution in [3.05, 3.63) is 0 Å². The molecular weight excluding hydrogens is 1030 g/mol. The molecule has 0 amide bonds. The number of nitriles is 2. The maximum absolute atomic E-state index is 9.75. The van der Waals surface area contributed by atoms with Crippen molar-refractivity contribution in [2.75, 3.05) is 37.0 Å². The van der Waals surface area contributed by atoms with Crippen LogP contribution in [0.25, 0.3) is 0 Å². The number of rotatable bonds is 48. The zero-order valence-corrected chi connectivity index (χ0v) is 49.9. The van der Waals surface area contributed by atoms with E-state index in [1.807, 2.05) is 0 Å². The van der Waals surface area contributed by atoms with Crippen molar-refractivity contribution in [2.24, 2.45) is 0 Å². The van der Waals surface area contributed by atoms with Crippen molar-refractivity contribution in [3.63, 3.8) is 0 Å². The minimum absolute atomic E-state index is 0. The second-order valence-corrected chi connectivity index (χ2v) is 24.6. The van der Waals surface area contributed by atoms with E-state index in [2.05, 4.69) is 27.7 Å². The molecule has 0 bridgehead atoms. The van der Waals surface area contributed by atoms with Crippen molar-refractivity contribution < 1.29 is 54.9 Å². The molecule has 0 aromatic heterocycles. The molecule has 0 rings (SSSR count). The summed E-state index contributed by atoms with van der Waals surface area (Å²) in [7, 11) is -11.4. The van der Waals surface area contributed by atoms with E-state index < -0.39 is 14.5 Å². The van der Waals surface area contributed by atoms with Crippen LogP contribution in [0.5, 0.6) is 0 Å². The third kappa shape index (κ3) is 105. The summed E-state index contributed by atoms with van der Waals surface area (Å²) in [6.45, 7) is 12.2. The predicted molar refractivity (Wildman–Crippen MR) is 298 cm³/mol. The van der Waals surface area contributed by atoms with Crippen LogP contribution in [0.15, 0.2) is 0 Å². The Bertz CT molecular complexity index is 872. The second kappa shape index (κ2) is 71.1. The summed E-state index contributed by atoms with van der Waals surface area (Å²) in [4.78, 5) is 0. The van der Waals surface area contributed by atoms with Crippen molar-refractivity contribution >= 4 is 30.4 Å². The second-order valence-electron chi connectivity index (χ2n) is 19.2. The summed E-state index contributed by atoms with van der Waals surface area (Å²) in [6.07, 6.45) is 70.7. The Morgan fingerprint density at radius 1 is 0.257 bits per heavy atom. The maximum Gasteiger partial charge on any atom is 2.00 e. The van der Waals surface area contributed by atoms with Gasteiger partial charge in [-0.1, -0.05) is 259 Å². The molecule has 0 saturated carbocycles. The van der Waals surface area contributed by atoms with E-state index in [1.54, 1.807) is 81.2 Å². The average Bonchev–Trinajstić information content (AvgIpc) is 3.27. The minimum atomic E-state index is -6.00. The van der Waals surface area contributed by atoms with Crippen LogP contribution in [0.2, 0.25) is 0 Å². The van der Waals surface area contributed by atoms with Gasteiger partial charge in [0.05, 0.1) is 12.1 Å². The molecule has 0 aliphatic carbocycles. The summed E-state index contributed by atoms with van der Waals surface area (Å²) >= 11 is 0. The van der Waals surface area contributed by atoms with Gasteiger partial charge in [-0.25, -0.2) is 0 Å². The van der Waals surface area contributed by atoms with Crippen LogP contribution in [0.3, 0.4) is 0 Å². The van der Waals surface area contributed by atoms with Gasteiger partial charge in [-0.2, -0.15) is 10.5 Å². The Morgan fingerprint density at radius 3 is 0.486 bits per heavy atom. The summed E-state index contributed by atoms with van der Waals surface area (Å²) < 4.78 is 78.0. The monoisotopic (exact) mass is 1140 g/mol. The number of unbranched alkanes of at least 4 members (excludes halogenated alkanes) is 36. The van der Waals surface area contributed by atoms with E-state index in [0.717, 1.165) is 0 Å². The fraction of sp³-hybridized carbons (Fsp3) is 0.964. The molecule has 0 aromatic rings. The molecule has 15 heteroatoms. The quantitative estimate of drug-likeness (QED) is 0.0264. The van der Waals surface area contributed by atoms with Crippen molar-refractivity contribution in [2.45, 2.75) is 305 Å². The Kier molecular flexibility index (Phi) is 82.8. The number of halogens is 8. The van der Waals surface area contributed by atoms with Gasteiger partial charge < -0.3 is 34.5 Å². The molecule has 0 spiro atoms. The van der Waals surface area contributed by atoms with E-state index in [-0.39, 0.29) is 20.4 Å². The van der Waals surface area contributed by atoms with Gasteiger partial charge in [-0.3, -0.25) is 0 Å². The smallest absolute Gasteiger partial charge is 0.418 e. The summed E-state index contributed by atoms with van der Waals surface area (Å²) in [6, 6.07) is 3.50. The topological polar surface area (TPSA) is 47.6 Å². The minimum Gasteiger partial charge on any atom is -0.418 e. The zero-order valence-electron chi connectivity index (χ0n) is 46.5. The van der Waals surface area contributed by atoms with E-state index in [9.17, 15) is 34.5 Å². The van der Waals surface area contributed by atoms with Crippen LogP contribution in [-0.2, 0) is 20.4 Å². The normalized spacial score (nSPS) is 10.9. The largest absolute Gasteiger partial charge is 2.00 e. The fourth-order valence-corrected chi connectivity index (χ4v) is 14.0. The Morgan fingerprint density at radius 2 is 0.357 bits per heavy atom. The van der Waals surface area contributed by atoms with Gasteiger partial charge in [-0.15, -0.1) is 15.8 Å². The van der Waals surface area contributed by atoms with Crippen LogP contribution in [0.1, 0.15) is 305 Å². The van der Waals surface area contributed by atoms with E-state index in [0.29, 0.717) is 15.8 Å². The molecule has 0 aliphatic rings. The number of nitrogens with zero attached hydrogens (tertiary/aromatic N) is 2. The Balaban J connectivity index is -0.000000519. The number of hydrogen-bond acceptors (Lipinski definition) is 2. The third-order valence-electron chi connectivity index (χ3n) is 12.3. The first-order chi connectivity index (χ1) is 33.1. The number of hydrogen-bond donors (Lipinski definition) is 0. The van der Waals surface area contributed by atoms with E-state index in [1.165, 1.54) is 245 Å². The first-order valence-electron chi connectivity index (χ1n) is 28.9. The molecule has 0 aliphatic heterocycles. The van der Waals surface area contributed by atoms with Gasteiger partial charge in [-0.05, 0) is 69.1 Å². The van der Waals surface area contributed by atoms with Crippen molar-refractivity contribution in [3.8, 4) is 12.1 Å². The van der Waals surface area contributed by atoms with E-state index in [4.69, 9.17) is 10.5 Å². The van der Waals surface area contributed by atoms with Crippen LogP contribution in [0, 0.1) is 22.7 Å². The van der Waals surface area contributed by atoms with Gasteiger partial charge in [0, 0.05) is 13.8 Å². The molecule has 0 atom stereocenters. The zero-order chi connectivity index (χ0) is 52.8. The summed E-state index contributed by atoms with van der Waals surface area (Å²) in [5.74, 6) is 0. The summed E-state index contributed by atoms with van der Waals surface area (Å²) in [5.41, 5.74) is 0. The van der Waals surface area contributed by atoms with Crippen molar-refractivity contribution in [1.29, 1.82) is 10.5 Å². The first-order valence-corrected chi connectivity index (χ1v) is 32.7. The van der Waals surface area contributed by atoms with Gasteiger partial charge in [0.25, 0.3) is 0 Å². The van der Waals surface area contributed by atoms with Gasteiger partial charge in [0.15, 0.2) is 0 Å². The van der Waals surface area contributed by atoms with Crippen LogP contribution in [-0.4, -0.2) is 51.5 Å². The predicted octanol–water partition coefficient (Wildman–Crippen LogP) is 23.7. The third-order valence-corrected chi connectivity index (χ3v) is 18.0. The molecule has 2 nitrogen and oxygen atoms in total. The molecule has 0 aromatic carbocycles. The Hall–Kier alpha value is 0.0722. The molecule has 0 N–H and O–H groups in total. The first kappa shape index (κ1) is 81.4. The standard InChI is InChI=1S/C51H106P2.2C2H3N.2BF4.Pd/c1-5-9-13-17-21-25-29-33-37-41-46-52(47-42-38-34-30-26-22-18-14-10-6-2)50-45-51-53(48-43-39-35-31-27-23-19-15-11-7-3)49-44-40-36-32-28-24-20-16-12-8-4;2*1-2-3;2*2-1(3,4)5;/h5-51H2,1-4H3;2*1H3;;;/q;;;2*-1;+2. The SMILES string of the molecule is CC#N.CC#N.CCCCCCCCCCCCP(CCCCCCCCCCCC)CCCP(CCCCCCCCCCCC)CCCCCCCCCCCC.F[B-](F)(F)F.F[B-](F)(F)F.[Pd+2]. The molecule has 424 valence electrons. The van der Waals surface area contributed by atoms with Crippen molar-refractivity contribution in [1.82, 2.24) is 0 Å². The van der Waals surface area contributed by atoms with Gasteiger partial charge in [0.2, 0.25) is 0 Å². The Labute approximate surface area is 447 Å². The molecular formula is C55H112B2F8N2P2Pd. The van der Waals surface area contributed by atoms with Gasteiger partial charge in [0.1, 0.15) is 0 Å².